The van der Waals surface area contributed by atoms with E-state index in [2.05, 4.69) is 15.2 Å². The van der Waals surface area contributed by atoms with E-state index in [4.69, 9.17) is 27.1 Å². The van der Waals surface area contributed by atoms with Gasteiger partial charge in [-0.25, -0.2) is 14.3 Å². The van der Waals surface area contributed by atoms with E-state index in [1.165, 1.54) is 47.4 Å². The van der Waals surface area contributed by atoms with Gasteiger partial charge in [0.1, 0.15) is 0 Å². The van der Waals surface area contributed by atoms with E-state index < -0.39 is 24.5 Å². The molecule has 4 aromatic heterocycles. The van der Waals surface area contributed by atoms with Gasteiger partial charge in [0.25, 0.3) is 5.91 Å². The number of amides is 2. The van der Waals surface area contributed by atoms with Crippen LogP contribution in [0, 0.1) is 5.92 Å². The maximum Gasteiger partial charge on any atom is 0.482 e. The molecule has 0 unspecified atom stereocenters. The smallest absolute Gasteiger partial charge is 0.423 e. The van der Waals surface area contributed by atoms with Crippen LogP contribution in [0.2, 0.25) is 5.02 Å². The molecule has 2 N–H and O–H groups in total. The van der Waals surface area contributed by atoms with Crippen molar-refractivity contribution in [1.82, 2.24) is 29.5 Å². The van der Waals surface area contributed by atoms with E-state index in [0.29, 0.717) is 44.2 Å². The van der Waals surface area contributed by atoms with Crippen molar-refractivity contribution in [1.29, 1.82) is 0 Å². The Morgan fingerprint density at radius 3 is 2.59 bits per heavy atom. The molecule has 0 saturated heterocycles. The zero-order chi connectivity index (χ0) is 32.3. The molecule has 1 aliphatic heterocycles. The molecule has 0 atom stereocenters. The molecule has 46 heavy (non-hydrogen) atoms. The minimum Gasteiger partial charge on any atom is -0.423 e. The molecular weight excluding hydrogens is 632 g/mol. The van der Waals surface area contributed by atoms with Gasteiger partial charge in [0.05, 0.1) is 52.6 Å². The first-order valence-electron chi connectivity index (χ1n) is 14.1. The van der Waals surface area contributed by atoms with E-state index in [1.807, 2.05) is 0 Å². The molecular formula is C30H23ClF4N8O3. The molecule has 16 heteroatoms. The number of nitrogens with two attached hydrogens (primary N) is 1. The number of primary amides is 1. The fourth-order valence-corrected chi connectivity index (χ4v) is 5.64. The molecule has 0 spiro atoms. The third-order valence-corrected chi connectivity index (χ3v) is 8.06. The van der Waals surface area contributed by atoms with Crippen LogP contribution in [0.5, 0.6) is 5.75 Å². The van der Waals surface area contributed by atoms with Crippen molar-refractivity contribution in [3.8, 4) is 16.9 Å². The molecule has 1 aromatic carbocycles. The van der Waals surface area contributed by atoms with Crippen molar-refractivity contribution < 1.29 is 31.9 Å². The number of ether oxygens (including phenoxy) is 1. The van der Waals surface area contributed by atoms with Crippen molar-refractivity contribution in [2.24, 2.45) is 11.7 Å². The summed E-state index contributed by atoms with van der Waals surface area (Å²) in [7, 11) is 0. The van der Waals surface area contributed by atoms with Gasteiger partial charge in [-0.1, -0.05) is 17.7 Å². The average molecular weight is 655 g/mol. The fraction of sp³-hybridized carbons (Fsp3) is 0.267. The van der Waals surface area contributed by atoms with Crippen molar-refractivity contribution in [2.75, 3.05) is 4.90 Å². The summed E-state index contributed by atoms with van der Waals surface area (Å²) in [6, 6.07) is 8.78. The van der Waals surface area contributed by atoms with Crippen LogP contribution in [0.3, 0.4) is 0 Å². The van der Waals surface area contributed by atoms with Crippen LogP contribution in [0.25, 0.3) is 22.2 Å². The Balaban J connectivity index is 1.36. The average Bonchev–Trinajstić information content (AvgIpc) is 3.54. The lowest BCUT2D eigenvalue weighted by atomic mass is 9.93. The Morgan fingerprint density at radius 2 is 1.91 bits per heavy atom. The zero-order valence-corrected chi connectivity index (χ0v) is 24.5. The lowest BCUT2D eigenvalue weighted by Crippen LogP contribution is -2.50. The van der Waals surface area contributed by atoms with Crippen LogP contribution < -0.4 is 15.4 Å². The SMILES string of the molecule is NC(=O)c1c(CC2CC2)nc2c(cnn2Cc2ccn(C(F)F)n2)c1-c1ccc2c(c1)OC(F)(F)C(=O)N2Cc1ccc(Cl)cn1. The molecule has 5 aromatic rings. The quantitative estimate of drug-likeness (QED) is 0.212. The van der Waals surface area contributed by atoms with Gasteiger partial charge in [-0.15, -0.1) is 0 Å². The molecule has 1 saturated carbocycles. The lowest BCUT2D eigenvalue weighted by Gasteiger charge is -2.33. The summed E-state index contributed by atoms with van der Waals surface area (Å²) < 4.78 is 63.1. The number of nitrogens with zero attached hydrogens (tertiary/aromatic N) is 7. The highest BCUT2D eigenvalue weighted by Gasteiger charge is 2.50. The normalized spacial score (nSPS) is 15.8. The molecule has 5 heterocycles. The standard InChI is InChI=1S/C30H23ClF4N8O3/c31-17-4-5-18(37-11-17)13-41-22-6-3-16(10-23(22)46-30(34,35)28(41)45)24-20-12-38-43(14-19-7-8-42(40-19)29(32)33)27(20)39-21(9-15-1-2-15)25(24)26(36)44/h3-8,10-12,15,29H,1-2,9,13-14H2,(H2,36,44). The molecule has 1 aliphatic carbocycles. The van der Waals surface area contributed by atoms with Gasteiger partial charge < -0.3 is 10.5 Å². The number of hydrogen-bond acceptors (Lipinski definition) is 7. The predicted octanol–water partition coefficient (Wildman–Crippen LogP) is 5.36. The number of hydrogen-bond donors (Lipinski definition) is 1. The summed E-state index contributed by atoms with van der Waals surface area (Å²) in [6.45, 7) is -3.11. The first-order chi connectivity index (χ1) is 22.0. The molecule has 2 aliphatic rings. The third-order valence-electron chi connectivity index (χ3n) is 7.84. The second kappa shape index (κ2) is 11.1. The highest BCUT2D eigenvalue weighted by molar-refractivity contribution is 6.30. The van der Waals surface area contributed by atoms with Crippen molar-refractivity contribution in [2.45, 2.75) is 45.0 Å². The number of fused-ring (bicyclic) bond motifs is 2. The largest absolute Gasteiger partial charge is 0.482 e. The van der Waals surface area contributed by atoms with Crippen LogP contribution in [0.4, 0.5) is 23.2 Å². The van der Waals surface area contributed by atoms with Crippen LogP contribution >= 0.6 is 11.6 Å². The molecule has 236 valence electrons. The van der Waals surface area contributed by atoms with Crippen LogP contribution in [-0.4, -0.2) is 47.5 Å². The maximum atomic E-state index is 15.0. The number of pyridine rings is 2. The van der Waals surface area contributed by atoms with Crippen LogP contribution in [0.1, 0.15) is 46.8 Å². The topological polar surface area (TPSA) is 134 Å². The molecule has 2 amide bonds. The van der Waals surface area contributed by atoms with Crippen molar-refractivity contribution >= 4 is 40.1 Å². The highest BCUT2D eigenvalue weighted by atomic mass is 35.5. The second-order valence-corrected chi connectivity index (χ2v) is 11.5. The number of alkyl halides is 4. The van der Waals surface area contributed by atoms with Crippen LogP contribution in [-0.2, 0) is 24.3 Å². The molecule has 0 bridgehead atoms. The Hall–Kier alpha value is -5.05. The van der Waals surface area contributed by atoms with Gasteiger partial charge in [0.15, 0.2) is 11.4 Å². The minimum absolute atomic E-state index is 0.0101. The first kappa shape index (κ1) is 29.6. The van der Waals surface area contributed by atoms with Crippen LogP contribution in [0.15, 0.2) is 55.0 Å². The minimum atomic E-state index is -4.19. The number of rotatable bonds is 9. The number of anilines is 1. The lowest BCUT2D eigenvalue weighted by molar-refractivity contribution is -0.193. The molecule has 11 nitrogen and oxygen atoms in total. The predicted molar refractivity (Wildman–Crippen MR) is 157 cm³/mol. The Kier molecular flexibility index (Phi) is 7.14. The molecule has 1 fully saturated rings. The summed E-state index contributed by atoms with van der Waals surface area (Å²) in [5.74, 6) is -2.39. The maximum absolute atomic E-state index is 15.0. The third kappa shape index (κ3) is 5.40. The highest BCUT2D eigenvalue weighted by Crippen LogP contribution is 2.45. The fourth-order valence-electron chi connectivity index (χ4n) is 5.53. The number of halogens is 5. The van der Waals surface area contributed by atoms with Crippen molar-refractivity contribution in [3.63, 3.8) is 0 Å². The van der Waals surface area contributed by atoms with E-state index in [1.54, 1.807) is 6.07 Å². The van der Waals surface area contributed by atoms with E-state index >= 15 is 0 Å². The number of carbonyl (C=O) groups is 2. The number of aromatic nitrogens is 6. The first-order valence-corrected chi connectivity index (χ1v) is 14.5. The van der Waals surface area contributed by atoms with E-state index in [9.17, 15) is 27.2 Å². The van der Waals surface area contributed by atoms with Gasteiger partial charge in [0.2, 0.25) is 0 Å². The van der Waals surface area contributed by atoms with Gasteiger partial charge in [-0.2, -0.15) is 27.8 Å². The van der Waals surface area contributed by atoms with E-state index in [-0.39, 0.29) is 47.1 Å². The summed E-state index contributed by atoms with van der Waals surface area (Å²) >= 11 is 5.90. The van der Waals surface area contributed by atoms with Gasteiger partial charge in [-0.05, 0) is 61.1 Å². The summed E-state index contributed by atoms with van der Waals surface area (Å²) in [4.78, 5) is 35.5. The summed E-state index contributed by atoms with van der Waals surface area (Å²) in [6.07, 6.45) is 2.04. The Labute approximate surface area is 262 Å². The Morgan fingerprint density at radius 1 is 1.11 bits per heavy atom. The monoisotopic (exact) mass is 654 g/mol. The van der Waals surface area contributed by atoms with Gasteiger partial charge in [-0.3, -0.25) is 19.5 Å². The molecule has 7 rings (SSSR count). The van der Waals surface area contributed by atoms with Gasteiger partial charge >= 0.3 is 18.6 Å². The molecule has 0 radical (unpaired) electrons. The summed E-state index contributed by atoms with van der Waals surface area (Å²) in [5.41, 5.74) is 7.96. The number of carbonyl (C=O) groups excluding carboxylic acids is 2. The van der Waals surface area contributed by atoms with Crippen molar-refractivity contribution in [3.05, 3.63) is 82.7 Å². The zero-order valence-electron chi connectivity index (χ0n) is 23.7. The Bertz CT molecular complexity index is 2010. The van der Waals surface area contributed by atoms with Gasteiger partial charge in [0, 0.05) is 23.3 Å². The van der Waals surface area contributed by atoms with E-state index in [0.717, 1.165) is 23.9 Å². The number of benzene rings is 1. The second-order valence-electron chi connectivity index (χ2n) is 11.1. The summed E-state index contributed by atoms with van der Waals surface area (Å²) in [5, 5.41) is 8.98.